The largest absolute Gasteiger partial charge is 0.479 e. The van der Waals surface area contributed by atoms with Gasteiger partial charge in [-0.1, -0.05) is 13.0 Å². The normalized spacial score (nSPS) is 39.2. The molecule has 6 atom stereocenters. The van der Waals surface area contributed by atoms with Gasteiger partial charge in [-0.25, -0.2) is 9.38 Å². The third kappa shape index (κ3) is 4.31. The Morgan fingerprint density at radius 3 is 2.91 bits per heavy atom. The molecule has 2 N–H and O–H groups in total. The first kappa shape index (κ1) is 28.0. The molecule has 4 fully saturated rings. The van der Waals surface area contributed by atoms with E-state index in [0.29, 0.717) is 56.2 Å². The average molecular weight is 590 g/mol. The molecule has 230 valence electrons. The number of rotatable bonds is 3. The van der Waals surface area contributed by atoms with Crippen LogP contribution in [-0.4, -0.2) is 85.1 Å². The van der Waals surface area contributed by atoms with E-state index in [1.807, 2.05) is 6.07 Å². The molecule has 9 heteroatoms. The summed E-state index contributed by atoms with van der Waals surface area (Å²) in [4.78, 5) is 10.2. The van der Waals surface area contributed by atoms with Crippen molar-refractivity contribution in [1.82, 2.24) is 9.80 Å². The van der Waals surface area contributed by atoms with Crippen LogP contribution < -0.4 is 5.73 Å². The van der Waals surface area contributed by atoms with Crippen molar-refractivity contribution in [3.8, 4) is 6.07 Å². The van der Waals surface area contributed by atoms with Crippen LogP contribution in [0.15, 0.2) is 28.4 Å². The minimum Gasteiger partial charge on any atom is -0.479 e. The molecule has 6 unspecified atom stereocenters. The standard InChI is InChI=1S/C34H44FN5O3/c1-22-6-9-34(31-24(22)4-5-27(37)25(31)17-36)16-28-26(19-43-34)29(40-12-10-32(40)8-3-13-41-20-32)14-30(38-28)42-21-33-7-2-11-39(33)18-23(35)15-33/h4-5,22-23,29H,2-3,6-16,18-21,37H2,1H3. The van der Waals surface area contributed by atoms with Crippen molar-refractivity contribution in [2.45, 2.75) is 106 Å². The number of alkyl halides is 1. The topological polar surface area (TPSA) is 96.3 Å². The predicted octanol–water partition coefficient (Wildman–Crippen LogP) is 4.93. The lowest BCUT2D eigenvalue weighted by Gasteiger charge is -2.59. The van der Waals surface area contributed by atoms with E-state index in [-0.39, 0.29) is 17.1 Å². The zero-order chi connectivity index (χ0) is 29.4. The smallest absolute Gasteiger partial charge is 0.190 e. The molecule has 1 aliphatic carbocycles. The number of benzene rings is 1. The molecule has 0 saturated carbocycles. The maximum Gasteiger partial charge on any atom is 0.190 e. The van der Waals surface area contributed by atoms with Gasteiger partial charge in [0.15, 0.2) is 5.90 Å². The summed E-state index contributed by atoms with van der Waals surface area (Å²) >= 11 is 0. The van der Waals surface area contributed by atoms with Gasteiger partial charge >= 0.3 is 0 Å². The number of aliphatic imine (C=N–C) groups is 1. The Bertz CT molecular complexity index is 1420. The second kappa shape index (κ2) is 10.3. The van der Waals surface area contributed by atoms with Gasteiger partial charge in [-0.05, 0) is 74.6 Å². The van der Waals surface area contributed by atoms with E-state index in [1.54, 1.807) is 0 Å². The fourth-order valence-corrected chi connectivity index (χ4v) is 9.69. The molecule has 8 rings (SSSR count). The maximum atomic E-state index is 14.5. The average Bonchev–Trinajstić information content (AvgIpc) is 3.53. The number of anilines is 1. The highest BCUT2D eigenvalue weighted by Crippen LogP contribution is 2.54. The predicted molar refractivity (Wildman–Crippen MR) is 161 cm³/mol. The van der Waals surface area contributed by atoms with Crippen LogP contribution in [0.3, 0.4) is 0 Å². The lowest BCUT2D eigenvalue weighted by Crippen LogP contribution is -2.68. The number of nitrogen functional groups attached to an aromatic ring is 1. The van der Waals surface area contributed by atoms with Gasteiger partial charge in [-0.3, -0.25) is 9.80 Å². The summed E-state index contributed by atoms with van der Waals surface area (Å²) in [5.41, 5.74) is 11.1. The first-order valence-electron chi connectivity index (χ1n) is 16.5. The maximum absolute atomic E-state index is 14.5. The van der Waals surface area contributed by atoms with Crippen LogP contribution in [0.2, 0.25) is 0 Å². The van der Waals surface area contributed by atoms with E-state index >= 15 is 0 Å². The SMILES string of the molecule is CC1CCC2(CC3=C(CO2)C(N2CCC24CCCOC4)CC(OCC24CCCN2CC(F)C4)=N3)c2c1ccc(N)c2C#N. The number of halogens is 1. The molecule has 2 spiro atoms. The third-order valence-corrected chi connectivity index (χ3v) is 12.1. The van der Waals surface area contributed by atoms with Gasteiger partial charge in [0.2, 0.25) is 0 Å². The minimum absolute atomic E-state index is 0.0712. The van der Waals surface area contributed by atoms with Gasteiger partial charge < -0.3 is 19.9 Å². The molecule has 7 aliphatic rings. The number of nitrogens with zero attached hydrogens (tertiary/aromatic N) is 4. The van der Waals surface area contributed by atoms with Crippen molar-refractivity contribution < 1.29 is 18.6 Å². The molecule has 8 nitrogen and oxygen atoms in total. The summed E-state index contributed by atoms with van der Waals surface area (Å²) in [5, 5.41) is 10.2. The molecular formula is C34H44FN5O3. The van der Waals surface area contributed by atoms with E-state index in [4.69, 9.17) is 24.9 Å². The monoisotopic (exact) mass is 589 g/mol. The Morgan fingerprint density at radius 2 is 2.12 bits per heavy atom. The zero-order valence-electron chi connectivity index (χ0n) is 25.4. The van der Waals surface area contributed by atoms with Crippen LogP contribution in [-0.2, 0) is 19.8 Å². The summed E-state index contributed by atoms with van der Waals surface area (Å²) in [5.74, 6) is 1.10. The molecule has 4 saturated heterocycles. The number of likely N-dealkylation sites (tertiary alicyclic amines) is 1. The Labute approximate surface area is 254 Å². The summed E-state index contributed by atoms with van der Waals surface area (Å²) in [6, 6.07) is 6.52. The number of ether oxygens (including phenoxy) is 3. The Kier molecular flexibility index (Phi) is 6.68. The van der Waals surface area contributed by atoms with Crippen LogP contribution >= 0.6 is 0 Å². The van der Waals surface area contributed by atoms with E-state index < -0.39 is 11.8 Å². The molecule has 1 aromatic rings. The van der Waals surface area contributed by atoms with Crippen LogP contribution in [0.1, 0.15) is 93.7 Å². The first-order valence-corrected chi connectivity index (χ1v) is 16.5. The summed E-state index contributed by atoms with van der Waals surface area (Å²) in [6.45, 7) is 7.32. The van der Waals surface area contributed by atoms with Gasteiger partial charge in [-0.2, -0.15) is 5.26 Å². The zero-order valence-corrected chi connectivity index (χ0v) is 25.4. The Hall–Kier alpha value is -2.51. The molecular weight excluding hydrogens is 545 g/mol. The fourth-order valence-electron chi connectivity index (χ4n) is 9.69. The highest BCUT2D eigenvalue weighted by Gasteiger charge is 2.54. The second-order valence-corrected chi connectivity index (χ2v) is 14.4. The lowest BCUT2D eigenvalue weighted by molar-refractivity contribution is -0.129. The van der Waals surface area contributed by atoms with Crippen LogP contribution in [0.25, 0.3) is 0 Å². The third-order valence-electron chi connectivity index (χ3n) is 12.1. The quantitative estimate of drug-likeness (QED) is 0.500. The molecule has 6 aliphatic heterocycles. The van der Waals surface area contributed by atoms with E-state index in [1.165, 1.54) is 5.57 Å². The van der Waals surface area contributed by atoms with Gasteiger partial charge in [0.25, 0.3) is 0 Å². The van der Waals surface area contributed by atoms with Crippen molar-refractivity contribution >= 4 is 11.6 Å². The Balaban J connectivity index is 1.15. The number of nitrogens with two attached hydrogens (primary N) is 1. The van der Waals surface area contributed by atoms with Gasteiger partial charge in [-0.15, -0.1) is 0 Å². The lowest BCUT2D eigenvalue weighted by atomic mass is 9.68. The van der Waals surface area contributed by atoms with Crippen molar-refractivity contribution in [2.24, 2.45) is 4.99 Å². The number of hydrogen-bond donors (Lipinski definition) is 1. The highest BCUT2D eigenvalue weighted by atomic mass is 19.1. The second-order valence-electron chi connectivity index (χ2n) is 14.4. The van der Waals surface area contributed by atoms with E-state index in [9.17, 15) is 9.65 Å². The van der Waals surface area contributed by atoms with Gasteiger partial charge in [0, 0.05) is 61.8 Å². The first-order chi connectivity index (χ1) is 20.9. The van der Waals surface area contributed by atoms with Crippen molar-refractivity contribution in [2.75, 3.05) is 51.8 Å². The van der Waals surface area contributed by atoms with Gasteiger partial charge in [0.1, 0.15) is 24.4 Å². The van der Waals surface area contributed by atoms with Crippen molar-refractivity contribution in [1.29, 1.82) is 5.26 Å². The van der Waals surface area contributed by atoms with Crippen LogP contribution in [0.4, 0.5) is 10.1 Å². The molecule has 0 aromatic heterocycles. The van der Waals surface area contributed by atoms with Gasteiger partial charge in [0.05, 0.1) is 30.0 Å². The molecule has 0 bridgehead atoms. The molecule has 6 heterocycles. The van der Waals surface area contributed by atoms with Crippen LogP contribution in [0, 0.1) is 11.3 Å². The highest BCUT2D eigenvalue weighted by molar-refractivity contribution is 5.80. The molecule has 0 amide bonds. The number of hydrogen-bond acceptors (Lipinski definition) is 8. The Morgan fingerprint density at radius 1 is 1.21 bits per heavy atom. The minimum atomic E-state index is -0.780. The van der Waals surface area contributed by atoms with Crippen molar-refractivity contribution in [3.05, 3.63) is 40.1 Å². The van der Waals surface area contributed by atoms with Crippen molar-refractivity contribution in [3.63, 3.8) is 0 Å². The van der Waals surface area contributed by atoms with E-state index in [2.05, 4.69) is 28.9 Å². The summed E-state index contributed by atoms with van der Waals surface area (Å²) in [6.07, 6.45) is 8.34. The number of fused-ring (bicyclic) bond motifs is 3. The number of nitriles is 1. The van der Waals surface area contributed by atoms with Crippen LogP contribution in [0.5, 0.6) is 0 Å². The molecule has 0 radical (unpaired) electrons. The summed E-state index contributed by atoms with van der Waals surface area (Å²) in [7, 11) is 0. The molecule has 43 heavy (non-hydrogen) atoms. The van der Waals surface area contributed by atoms with E-state index in [0.717, 1.165) is 94.0 Å². The fraction of sp³-hybridized carbons (Fsp3) is 0.706. The summed E-state index contributed by atoms with van der Waals surface area (Å²) < 4.78 is 34.2. The molecule has 1 aromatic carbocycles.